The van der Waals surface area contributed by atoms with Gasteiger partial charge in [0, 0.05) is 6.51 Å². The average Bonchev–Trinajstić information content (AvgIpc) is 1.94. The second-order valence-electron chi connectivity index (χ2n) is 2.15. The van der Waals surface area contributed by atoms with Crippen LogP contribution in [0.3, 0.4) is 0 Å². The van der Waals surface area contributed by atoms with E-state index in [1.807, 2.05) is 0 Å². The van der Waals surface area contributed by atoms with Crippen LogP contribution in [0.4, 0.5) is 12.9 Å². The molecular formula is C6H11BF3O2-. The van der Waals surface area contributed by atoms with Gasteiger partial charge in [0.25, 0.3) is 0 Å². The highest BCUT2D eigenvalue weighted by atomic mass is 19.4. The first kappa shape index (κ1) is 11.5. The van der Waals surface area contributed by atoms with Crippen molar-refractivity contribution in [2.24, 2.45) is 0 Å². The Hall–Kier alpha value is -0.485. The highest BCUT2D eigenvalue weighted by Crippen LogP contribution is 2.07. The SMILES string of the molecule is C=CCOCCOC[B-](F)(F)F. The normalized spacial score (nSPS) is 11.6. The number of ether oxygens (including phenoxy) is 2. The van der Waals surface area contributed by atoms with Gasteiger partial charge in [-0.1, -0.05) is 6.08 Å². The third kappa shape index (κ3) is 9.51. The molecule has 0 aliphatic carbocycles. The van der Waals surface area contributed by atoms with Gasteiger partial charge in [-0.2, -0.15) is 0 Å². The highest BCUT2D eigenvalue weighted by molar-refractivity contribution is 6.58. The Balaban J connectivity index is 3.06. The minimum atomic E-state index is -4.82. The molecule has 0 aromatic carbocycles. The van der Waals surface area contributed by atoms with Crippen molar-refractivity contribution in [2.75, 3.05) is 26.3 Å². The van der Waals surface area contributed by atoms with Gasteiger partial charge in [0.1, 0.15) is 0 Å². The minimum Gasteiger partial charge on any atom is -0.447 e. The van der Waals surface area contributed by atoms with Gasteiger partial charge in [-0.25, -0.2) is 0 Å². The van der Waals surface area contributed by atoms with Crippen LogP contribution in [0.2, 0.25) is 0 Å². The monoisotopic (exact) mass is 183 g/mol. The first-order valence-electron chi connectivity index (χ1n) is 3.53. The zero-order valence-corrected chi connectivity index (χ0v) is 6.64. The Morgan fingerprint density at radius 3 is 2.25 bits per heavy atom. The maximum absolute atomic E-state index is 11.5. The number of hydrogen-bond acceptors (Lipinski definition) is 2. The molecule has 72 valence electrons. The zero-order chi connectivity index (χ0) is 9.45. The summed E-state index contributed by atoms with van der Waals surface area (Å²) in [5.74, 6) is 0. The lowest BCUT2D eigenvalue weighted by Gasteiger charge is -2.13. The van der Waals surface area contributed by atoms with Crippen molar-refractivity contribution in [3.8, 4) is 0 Å². The molecule has 0 aromatic heterocycles. The molecule has 0 aromatic rings. The Labute approximate surface area is 69.4 Å². The maximum atomic E-state index is 11.5. The van der Waals surface area contributed by atoms with Crippen LogP contribution >= 0.6 is 0 Å². The third-order valence-electron chi connectivity index (χ3n) is 0.915. The van der Waals surface area contributed by atoms with E-state index >= 15 is 0 Å². The number of rotatable bonds is 7. The Morgan fingerprint density at radius 1 is 1.17 bits per heavy atom. The molecule has 0 aliphatic rings. The molecule has 0 rings (SSSR count). The summed E-state index contributed by atoms with van der Waals surface area (Å²) in [5.41, 5.74) is 0. The van der Waals surface area contributed by atoms with Crippen LogP contribution in [-0.2, 0) is 9.47 Å². The number of hydrogen-bond donors (Lipinski definition) is 0. The molecule has 0 amide bonds. The smallest absolute Gasteiger partial charge is 0.447 e. The van der Waals surface area contributed by atoms with E-state index in [4.69, 9.17) is 4.74 Å². The van der Waals surface area contributed by atoms with E-state index in [1.54, 1.807) is 0 Å². The molecular weight excluding hydrogens is 172 g/mol. The first-order valence-corrected chi connectivity index (χ1v) is 3.53. The topological polar surface area (TPSA) is 18.5 Å². The van der Waals surface area contributed by atoms with Crippen LogP contribution in [0.25, 0.3) is 0 Å². The van der Waals surface area contributed by atoms with Crippen molar-refractivity contribution in [1.29, 1.82) is 0 Å². The standard InChI is InChI=1S/C6H11BF3O2/c1-2-3-11-4-5-12-6-7(8,9)10/h2H,1,3-6H2/q-1. The van der Waals surface area contributed by atoms with Crippen molar-refractivity contribution in [3.63, 3.8) is 0 Å². The van der Waals surface area contributed by atoms with E-state index in [1.165, 1.54) is 6.08 Å². The van der Waals surface area contributed by atoms with Crippen LogP contribution in [-0.4, -0.2) is 33.3 Å². The summed E-state index contributed by atoms with van der Waals surface area (Å²) < 4.78 is 43.6. The summed E-state index contributed by atoms with van der Waals surface area (Å²) in [6.07, 6.45) is 1.52. The van der Waals surface area contributed by atoms with Crippen LogP contribution in [0.5, 0.6) is 0 Å². The van der Waals surface area contributed by atoms with Gasteiger partial charge >= 0.3 is 6.98 Å². The molecule has 0 radical (unpaired) electrons. The molecule has 2 nitrogen and oxygen atoms in total. The van der Waals surface area contributed by atoms with E-state index in [0.29, 0.717) is 6.61 Å². The first-order chi connectivity index (χ1) is 5.56. The zero-order valence-electron chi connectivity index (χ0n) is 6.64. The van der Waals surface area contributed by atoms with Gasteiger partial charge in [0.05, 0.1) is 19.8 Å². The van der Waals surface area contributed by atoms with Crippen LogP contribution in [0.1, 0.15) is 0 Å². The predicted molar refractivity (Wildman–Crippen MR) is 40.9 cm³/mol. The summed E-state index contributed by atoms with van der Waals surface area (Å²) in [6, 6.07) is 0. The molecule has 0 saturated carbocycles. The summed E-state index contributed by atoms with van der Waals surface area (Å²) in [7, 11) is 0. The molecule has 0 atom stereocenters. The predicted octanol–water partition coefficient (Wildman–Crippen LogP) is 1.59. The van der Waals surface area contributed by atoms with E-state index in [-0.39, 0.29) is 13.2 Å². The fourth-order valence-corrected chi connectivity index (χ4v) is 0.501. The highest BCUT2D eigenvalue weighted by Gasteiger charge is 2.22. The Morgan fingerprint density at radius 2 is 1.75 bits per heavy atom. The molecule has 6 heteroatoms. The van der Waals surface area contributed by atoms with Crippen molar-refractivity contribution in [3.05, 3.63) is 12.7 Å². The lowest BCUT2D eigenvalue weighted by atomic mass is 9.95. The molecule has 0 spiro atoms. The molecule has 0 aliphatic heterocycles. The molecule has 0 saturated heterocycles. The Bertz CT molecular complexity index is 126. The van der Waals surface area contributed by atoms with E-state index in [0.717, 1.165) is 0 Å². The second-order valence-corrected chi connectivity index (χ2v) is 2.15. The van der Waals surface area contributed by atoms with Crippen LogP contribution < -0.4 is 0 Å². The fraction of sp³-hybridized carbons (Fsp3) is 0.667. The van der Waals surface area contributed by atoms with Gasteiger partial charge in [-0.3, -0.25) is 0 Å². The molecule has 0 unspecified atom stereocenters. The van der Waals surface area contributed by atoms with Gasteiger partial charge in [-0.15, -0.1) is 6.58 Å². The van der Waals surface area contributed by atoms with E-state index in [9.17, 15) is 12.9 Å². The Kier molecular flexibility index (Phi) is 5.83. The molecule has 0 heterocycles. The summed E-state index contributed by atoms with van der Waals surface area (Å²) in [6.45, 7) is -2.14. The molecule has 12 heavy (non-hydrogen) atoms. The lowest BCUT2D eigenvalue weighted by Crippen LogP contribution is -2.25. The maximum Gasteiger partial charge on any atom is 0.503 e. The van der Waals surface area contributed by atoms with E-state index in [2.05, 4.69) is 11.3 Å². The summed E-state index contributed by atoms with van der Waals surface area (Å²) >= 11 is 0. The summed E-state index contributed by atoms with van der Waals surface area (Å²) in [4.78, 5) is 0. The van der Waals surface area contributed by atoms with Crippen LogP contribution in [0, 0.1) is 0 Å². The summed E-state index contributed by atoms with van der Waals surface area (Å²) in [5, 5.41) is 0. The van der Waals surface area contributed by atoms with Crippen molar-refractivity contribution in [2.45, 2.75) is 0 Å². The van der Waals surface area contributed by atoms with Gasteiger partial charge in [0.2, 0.25) is 0 Å². The van der Waals surface area contributed by atoms with Crippen LogP contribution in [0.15, 0.2) is 12.7 Å². The fourth-order valence-electron chi connectivity index (χ4n) is 0.501. The molecule has 0 bridgehead atoms. The minimum absolute atomic E-state index is 0.0326. The number of halogens is 3. The van der Waals surface area contributed by atoms with Gasteiger partial charge < -0.3 is 22.4 Å². The van der Waals surface area contributed by atoms with Gasteiger partial charge in [0.15, 0.2) is 0 Å². The van der Waals surface area contributed by atoms with Gasteiger partial charge in [-0.05, 0) is 0 Å². The largest absolute Gasteiger partial charge is 0.503 e. The van der Waals surface area contributed by atoms with Crippen molar-refractivity contribution in [1.82, 2.24) is 0 Å². The van der Waals surface area contributed by atoms with Crippen molar-refractivity contribution < 1.29 is 22.4 Å². The molecule has 0 N–H and O–H groups in total. The van der Waals surface area contributed by atoms with E-state index < -0.39 is 13.5 Å². The van der Waals surface area contributed by atoms with Crippen molar-refractivity contribution >= 4 is 6.98 Å². The second kappa shape index (κ2) is 6.08. The third-order valence-corrected chi connectivity index (χ3v) is 0.915. The average molecular weight is 183 g/mol. The quantitative estimate of drug-likeness (QED) is 0.339. The lowest BCUT2D eigenvalue weighted by molar-refractivity contribution is 0.0679. The molecule has 0 fully saturated rings.